The van der Waals surface area contributed by atoms with Gasteiger partial charge in [-0.05, 0) is 0 Å². The van der Waals surface area contributed by atoms with E-state index < -0.39 is 73.9 Å². The van der Waals surface area contributed by atoms with Crippen LogP contribution in [-0.2, 0) is 9.47 Å². The van der Waals surface area contributed by atoms with Crippen LogP contribution in [0.5, 0.6) is 0 Å². The molecule has 2 saturated heterocycles. The van der Waals surface area contributed by atoms with Crippen molar-refractivity contribution in [3.05, 3.63) is 0 Å². The standard InChI is InChI=1S/C12H22O11/c13-1-5-11(20,8(17)4(15)3-22-5)12(21)6(2-14)23-10(19)7(16)9(12)18/h4-10,13-21H,1-3H2/t4-,5+,6+,7+,8+,9+,10-,11+,12+/m0/s1. The van der Waals surface area contributed by atoms with E-state index in [1.54, 1.807) is 0 Å². The van der Waals surface area contributed by atoms with Gasteiger partial charge in [-0.1, -0.05) is 0 Å². The van der Waals surface area contributed by atoms with Gasteiger partial charge in [0.1, 0.15) is 36.6 Å². The van der Waals surface area contributed by atoms with Gasteiger partial charge in [0.25, 0.3) is 0 Å². The number of aliphatic hydroxyl groups excluding tert-OH is 7. The molecule has 0 unspecified atom stereocenters. The molecule has 0 radical (unpaired) electrons. The van der Waals surface area contributed by atoms with E-state index in [1.165, 1.54) is 0 Å². The summed E-state index contributed by atoms with van der Waals surface area (Å²) in [5, 5.41) is 89.6. The second-order valence-electron chi connectivity index (χ2n) is 5.80. The van der Waals surface area contributed by atoms with Crippen LogP contribution in [0.25, 0.3) is 0 Å². The molecule has 23 heavy (non-hydrogen) atoms. The average Bonchev–Trinajstić information content (AvgIpc) is 2.54. The van der Waals surface area contributed by atoms with Crippen LogP contribution in [0.15, 0.2) is 0 Å². The molecular formula is C12H22O11. The molecular weight excluding hydrogens is 320 g/mol. The Kier molecular flexibility index (Phi) is 5.31. The minimum atomic E-state index is -2.98. The summed E-state index contributed by atoms with van der Waals surface area (Å²) in [4.78, 5) is 0. The van der Waals surface area contributed by atoms with Crippen LogP contribution in [0, 0.1) is 0 Å². The van der Waals surface area contributed by atoms with Crippen molar-refractivity contribution in [2.75, 3.05) is 19.8 Å². The molecule has 0 aromatic rings. The molecule has 9 atom stereocenters. The fraction of sp³-hybridized carbons (Fsp3) is 1.00. The highest BCUT2D eigenvalue weighted by Gasteiger charge is 2.71. The van der Waals surface area contributed by atoms with Crippen molar-refractivity contribution in [1.29, 1.82) is 0 Å². The fourth-order valence-electron chi connectivity index (χ4n) is 3.24. The number of ether oxygens (including phenoxy) is 2. The summed E-state index contributed by atoms with van der Waals surface area (Å²) in [6, 6.07) is 0. The quantitative estimate of drug-likeness (QED) is 0.236. The van der Waals surface area contributed by atoms with Crippen molar-refractivity contribution in [3.63, 3.8) is 0 Å². The van der Waals surface area contributed by atoms with Crippen LogP contribution in [-0.4, -0.2) is 120 Å². The summed E-state index contributed by atoms with van der Waals surface area (Å²) in [7, 11) is 0. The van der Waals surface area contributed by atoms with Crippen LogP contribution >= 0.6 is 0 Å². The molecule has 2 heterocycles. The summed E-state index contributed by atoms with van der Waals surface area (Å²) in [5.74, 6) is 0. The first-order valence-electron chi connectivity index (χ1n) is 7.00. The van der Waals surface area contributed by atoms with Crippen LogP contribution in [0.3, 0.4) is 0 Å². The van der Waals surface area contributed by atoms with E-state index in [0.29, 0.717) is 0 Å². The van der Waals surface area contributed by atoms with E-state index in [4.69, 9.17) is 9.47 Å². The van der Waals surface area contributed by atoms with Crippen LogP contribution in [0.4, 0.5) is 0 Å². The number of hydrogen-bond donors (Lipinski definition) is 9. The van der Waals surface area contributed by atoms with E-state index >= 15 is 0 Å². The number of aliphatic hydroxyl groups is 9. The molecule has 0 aliphatic carbocycles. The van der Waals surface area contributed by atoms with Crippen LogP contribution in [0.1, 0.15) is 0 Å². The zero-order valence-electron chi connectivity index (χ0n) is 12.0. The smallest absolute Gasteiger partial charge is 0.184 e. The predicted molar refractivity (Wildman–Crippen MR) is 68.7 cm³/mol. The fourth-order valence-corrected chi connectivity index (χ4v) is 3.24. The lowest BCUT2D eigenvalue weighted by molar-refractivity contribution is -0.395. The van der Waals surface area contributed by atoms with Gasteiger partial charge in [0, 0.05) is 0 Å². The minimum absolute atomic E-state index is 0.475. The molecule has 0 aromatic carbocycles. The summed E-state index contributed by atoms with van der Waals surface area (Å²) >= 11 is 0. The molecule has 0 saturated carbocycles. The van der Waals surface area contributed by atoms with Gasteiger partial charge < -0.3 is 55.4 Å². The highest BCUT2D eigenvalue weighted by Crippen LogP contribution is 2.44. The van der Waals surface area contributed by atoms with E-state index in [1.807, 2.05) is 0 Å². The van der Waals surface area contributed by atoms with Crippen LogP contribution in [0.2, 0.25) is 0 Å². The molecule has 2 fully saturated rings. The van der Waals surface area contributed by atoms with Crippen molar-refractivity contribution >= 4 is 0 Å². The SMILES string of the molecule is OC[C@H]1O[C@H](O)[C@H](O)[C@@H](O)[C@@]1(O)[C@]1(O)[C@H](O)[C@@H](O)CO[C@@H]1CO. The van der Waals surface area contributed by atoms with Gasteiger partial charge in [-0.2, -0.15) is 0 Å². The Morgan fingerprint density at radius 3 is 1.87 bits per heavy atom. The van der Waals surface area contributed by atoms with Gasteiger partial charge in [0.2, 0.25) is 0 Å². The average molecular weight is 342 g/mol. The Bertz CT molecular complexity index is 414. The zero-order chi connectivity index (χ0) is 17.6. The summed E-state index contributed by atoms with van der Waals surface area (Å²) in [5.41, 5.74) is -5.90. The molecule has 136 valence electrons. The molecule has 0 aromatic heterocycles. The van der Waals surface area contributed by atoms with E-state index in [9.17, 15) is 46.0 Å². The van der Waals surface area contributed by atoms with E-state index in [2.05, 4.69) is 0 Å². The maximum Gasteiger partial charge on any atom is 0.184 e. The van der Waals surface area contributed by atoms with Crippen molar-refractivity contribution < 1.29 is 55.4 Å². The number of rotatable bonds is 3. The third kappa shape index (κ3) is 2.49. The molecule has 0 amide bonds. The van der Waals surface area contributed by atoms with Gasteiger partial charge in [-0.15, -0.1) is 0 Å². The molecule has 2 rings (SSSR count). The normalized spacial score (nSPS) is 54.9. The molecule has 2 aliphatic heterocycles. The second kappa shape index (κ2) is 6.46. The first kappa shape index (κ1) is 18.9. The largest absolute Gasteiger partial charge is 0.394 e. The van der Waals surface area contributed by atoms with Gasteiger partial charge >= 0.3 is 0 Å². The molecule has 11 nitrogen and oxygen atoms in total. The van der Waals surface area contributed by atoms with Crippen LogP contribution < -0.4 is 0 Å². The van der Waals surface area contributed by atoms with Crippen molar-refractivity contribution in [3.8, 4) is 0 Å². The lowest BCUT2D eigenvalue weighted by Gasteiger charge is -2.59. The Morgan fingerprint density at radius 2 is 1.35 bits per heavy atom. The maximum atomic E-state index is 10.8. The Morgan fingerprint density at radius 1 is 0.826 bits per heavy atom. The van der Waals surface area contributed by atoms with Gasteiger partial charge in [0.15, 0.2) is 17.5 Å². The van der Waals surface area contributed by atoms with Crippen molar-refractivity contribution in [1.82, 2.24) is 0 Å². The summed E-state index contributed by atoms with van der Waals surface area (Å²) < 4.78 is 9.77. The molecule has 0 spiro atoms. The topological polar surface area (TPSA) is 201 Å². The first-order chi connectivity index (χ1) is 10.7. The monoisotopic (exact) mass is 342 g/mol. The van der Waals surface area contributed by atoms with Crippen molar-refractivity contribution in [2.24, 2.45) is 0 Å². The van der Waals surface area contributed by atoms with E-state index in [-0.39, 0.29) is 0 Å². The third-order valence-corrected chi connectivity index (χ3v) is 4.61. The summed E-state index contributed by atoms with van der Waals surface area (Å²) in [6.45, 7) is -2.43. The first-order valence-corrected chi connectivity index (χ1v) is 7.00. The maximum absolute atomic E-state index is 10.8. The van der Waals surface area contributed by atoms with Gasteiger partial charge in [-0.3, -0.25) is 0 Å². The lowest BCUT2D eigenvalue weighted by atomic mass is 9.64. The Balaban J connectivity index is 2.55. The number of hydrogen-bond acceptors (Lipinski definition) is 11. The highest BCUT2D eigenvalue weighted by molar-refractivity contribution is 5.20. The summed E-state index contributed by atoms with van der Waals surface area (Å²) in [6.07, 6.45) is -13.7. The van der Waals surface area contributed by atoms with Crippen molar-refractivity contribution in [2.45, 2.75) is 54.1 Å². The predicted octanol–water partition coefficient (Wildman–Crippen LogP) is -6.01. The Hall–Kier alpha value is -0.440. The highest BCUT2D eigenvalue weighted by atomic mass is 16.6. The minimum Gasteiger partial charge on any atom is -0.394 e. The van der Waals surface area contributed by atoms with Gasteiger partial charge in [0.05, 0.1) is 19.8 Å². The lowest BCUT2D eigenvalue weighted by Crippen LogP contribution is -2.84. The Labute approximate surface area is 130 Å². The molecule has 0 bridgehead atoms. The zero-order valence-corrected chi connectivity index (χ0v) is 12.0. The second-order valence-corrected chi connectivity index (χ2v) is 5.80. The third-order valence-electron chi connectivity index (χ3n) is 4.61. The molecule has 11 heteroatoms. The molecule has 2 aliphatic rings. The van der Waals surface area contributed by atoms with E-state index in [0.717, 1.165) is 0 Å². The van der Waals surface area contributed by atoms with Gasteiger partial charge in [-0.25, -0.2) is 0 Å². The molecule has 9 N–H and O–H groups in total.